The number of carbonyl (C=O) groups excluding carboxylic acids is 1. The molecule has 24 heavy (non-hydrogen) atoms. The third-order valence-electron chi connectivity index (χ3n) is 4.15. The fourth-order valence-corrected chi connectivity index (χ4v) is 2.93. The van der Waals surface area contributed by atoms with Crippen LogP contribution < -0.4 is 5.32 Å². The molecule has 0 radical (unpaired) electrons. The molecule has 2 aromatic rings. The van der Waals surface area contributed by atoms with Gasteiger partial charge in [0.25, 0.3) is 5.91 Å². The van der Waals surface area contributed by atoms with Crippen LogP contribution in [-0.4, -0.2) is 45.6 Å². The highest BCUT2D eigenvalue weighted by Crippen LogP contribution is 2.17. The van der Waals surface area contributed by atoms with Gasteiger partial charge in [0, 0.05) is 62.2 Å². The number of carbonyl (C=O) groups is 1. The number of nitrogens with zero attached hydrogens (tertiary/aromatic N) is 3. The summed E-state index contributed by atoms with van der Waals surface area (Å²) in [4.78, 5) is 19.1. The quantitative estimate of drug-likeness (QED) is 0.836. The second-order valence-corrected chi connectivity index (χ2v) is 5.82. The fourth-order valence-electron chi connectivity index (χ4n) is 2.93. The molecule has 7 heteroatoms. The highest BCUT2D eigenvalue weighted by molar-refractivity contribution is 5.94. The molecule has 0 aliphatic carbocycles. The van der Waals surface area contributed by atoms with Gasteiger partial charge in [-0.3, -0.25) is 14.9 Å². The molecule has 3 heterocycles. The first-order valence-corrected chi connectivity index (χ1v) is 8.25. The molecule has 1 amide bonds. The van der Waals surface area contributed by atoms with Crippen molar-refractivity contribution in [1.82, 2.24) is 25.4 Å². The number of hydrogen-bond donors (Lipinski definition) is 2. The van der Waals surface area contributed by atoms with Crippen molar-refractivity contribution in [3.05, 3.63) is 47.0 Å². The van der Waals surface area contributed by atoms with Crippen LogP contribution in [0.4, 0.5) is 0 Å². The molecule has 0 unspecified atom stereocenters. The number of pyridine rings is 1. The van der Waals surface area contributed by atoms with Gasteiger partial charge in [-0.1, -0.05) is 13.0 Å². The van der Waals surface area contributed by atoms with Gasteiger partial charge >= 0.3 is 0 Å². The lowest BCUT2D eigenvalue weighted by molar-refractivity contribution is 0.0749. The molecule has 0 atom stereocenters. The van der Waals surface area contributed by atoms with Crippen LogP contribution in [0.3, 0.4) is 0 Å². The zero-order valence-corrected chi connectivity index (χ0v) is 14.7. The van der Waals surface area contributed by atoms with E-state index in [4.69, 9.17) is 0 Å². The summed E-state index contributed by atoms with van der Waals surface area (Å²) in [5.74, 6) is 0.0176. The maximum atomic E-state index is 12.9. The second kappa shape index (κ2) is 8.80. The summed E-state index contributed by atoms with van der Waals surface area (Å²) in [5.41, 5.74) is 3.70. The maximum absolute atomic E-state index is 12.9. The highest BCUT2D eigenvalue weighted by Gasteiger charge is 2.25. The van der Waals surface area contributed by atoms with E-state index in [-0.39, 0.29) is 18.3 Å². The van der Waals surface area contributed by atoms with Gasteiger partial charge in [0.2, 0.25) is 0 Å². The Bertz CT molecular complexity index is 658. The normalized spacial score (nSPS) is 13.0. The maximum Gasteiger partial charge on any atom is 0.274 e. The fraction of sp³-hybridized carbons (Fsp3) is 0.471. The van der Waals surface area contributed by atoms with Gasteiger partial charge in [-0.25, -0.2) is 0 Å². The summed E-state index contributed by atoms with van der Waals surface area (Å²) in [6.07, 6.45) is 4.38. The molecule has 3 rings (SSSR count). The van der Waals surface area contributed by atoms with E-state index in [1.807, 2.05) is 23.1 Å². The molecule has 1 aliphatic rings. The predicted molar refractivity (Wildman–Crippen MR) is 95.4 cm³/mol. The summed E-state index contributed by atoms with van der Waals surface area (Å²) in [6, 6.07) is 5.88. The van der Waals surface area contributed by atoms with Crippen LogP contribution in [0.5, 0.6) is 0 Å². The van der Waals surface area contributed by atoms with Crippen molar-refractivity contribution >= 4 is 18.3 Å². The monoisotopic (exact) mass is 349 g/mol. The Kier molecular flexibility index (Phi) is 6.75. The Hall–Kier alpha value is -1.92. The molecule has 0 spiro atoms. The zero-order valence-electron chi connectivity index (χ0n) is 13.9. The number of halogens is 1. The molecule has 130 valence electrons. The van der Waals surface area contributed by atoms with Gasteiger partial charge in [0.1, 0.15) is 0 Å². The van der Waals surface area contributed by atoms with E-state index in [0.29, 0.717) is 18.8 Å². The van der Waals surface area contributed by atoms with E-state index in [1.54, 1.807) is 6.20 Å². The summed E-state index contributed by atoms with van der Waals surface area (Å²) >= 11 is 0. The van der Waals surface area contributed by atoms with Crippen molar-refractivity contribution in [3.8, 4) is 0 Å². The molecule has 2 N–H and O–H groups in total. The number of aromatic amines is 1. The standard InChI is InChI=1S/C17H23N5O.ClH/c1-2-10-22(11-7-13-5-3-4-8-19-13)17(23)16-14-12-18-9-6-15(14)20-21-16;/h3-5,8,18H,2,6-7,9-12H2,1H3,(H,20,21);1H. The summed E-state index contributed by atoms with van der Waals surface area (Å²) in [5, 5.41) is 10.6. The molecular weight excluding hydrogens is 326 g/mol. The molecule has 0 saturated carbocycles. The van der Waals surface area contributed by atoms with Crippen LogP contribution in [0, 0.1) is 0 Å². The molecule has 2 aromatic heterocycles. The van der Waals surface area contributed by atoms with Crippen LogP contribution in [0.2, 0.25) is 0 Å². The Morgan fingerprint density at radius 3 is 2.96 bits per heavy atom. The lowest BCUT2D eigenvalue weighted by Gasteiger charge is -2.22. The molecular formula is C17H24ClN5O. The van der Waals surface area contributed by atoms with Crippen LogP contribution in [0.1, 0.15) is 40.8 Å². The minimum atomic E-state index is 0. The number of rotatable bonds is 6. The second-order valence-electron chi connectivity index (χ2n) is 5.82. The Morgan fingerprint density at radius 1 is 1.33 bits per heavy atom. The lowest BCUT2D eigenvalue weighted by Crippen LogP contribution is -2.35. The molecule has 1 aliphatic heterocycles. The molecule has 6 nitrogen and oxygen atoms in total. The van der Waals surface area contributed by atoms with Crippen molar-refractivity contribution in [2.75, 3.05) is 19.6 Å². The first kappa shape index (κ1) is 18.4. The number of amides is 1. The van der Waals surface area contributed by atoms with Crippen LogP contribution in [-0.2, 0) is 19.4 Å². The Balaban J connectivity index is 0.00000208. The molecule has 0 fully saturated rings. The van der Waals surface area contributed by atoms with Crippen molar-refractivity contribution in [2.24, 2.45) is 0 Å². The summed E-state index contributed by atoms with van der Waals surface area (Å²) < 4.78 is 0. The molecule has 0 saturated heterocycles. The number of H-pyrrole nitrogens is 1. The van der Waals surface area contributed by atoms with Crippen LogP contribution >= 0.6 is 12.4 Å². The molecule has 0 aromatic carbocycles. The number of fused-ring (bicyclic) bond motifs is 1. The summed E-state index contributed by atoms with van der Waals surface area (Å²) in [6.45, 7) is 5.14. The van der Waals surface area contributed by atoms with Crippen molar-refractivity contribution < 1.29 is 4.79 Å². The number of aromatic nitrogens is 3. The smallest absolute Gasteiger partial charge is 0.274 e. The van der Waals surface area contributed by atoms with Crippen molar-refractivity contribution in [2.45, 2.75) is 32.7 Å². The van der Waals surface area contributed by atoms with E-state index in [9.17, 15) is 4.79 Å². The summed E-state index contributed by atoms with van der Waals surface area (Å²) in [7, 11) is 0. The predicted octanol–water partition coefficient (Wildman–Crippen LogP) is 1.97. The Morgan fingerprint density at radius 2 is 2.21 bits per heavy atom. The minimum absolute atomic E-state index is 0. The van der Waals surface area contributed by atoms with Gasteiger partial charge in [-0.15, -0.1) is 12.4 Å². The highest BCUT2D eigenvalue weighted by atomic mass is 35.5. The van der Waals surface area contributed by atoms with Gasteiger partial charge in [-0.05, 0) is 18.6 Å². The van der Waals surface area contributed by atoms with Gasteiger partial charge in [-0.2, -0.15) is 5.10 Å². The first-order valence-electron chi connectivity index (χ1n) is 8.25. The SMILES string of the molecule is CCCN(CCc1ccccn1)C(=O)c1n[nH]c2c1CNCC2.Cl. The van der Waals surface area contributed by atoms with E-state index in [0.717, 1.165) is 49.3 Å². The average Bonchev–Trinajstić information content (AvgIpc) is 3.03. The van der Waals surface area contributed by atoms with E-state index in [1.165, 1.54) is 0 Å². The minimum Gasteiger partial charge on any atom is -0.337 e. The lowest BCUT2D eigenvalue weighted by atomic mass is 10.1. The topological polar surface area (TPSA) is 73.9 Å². The van der Waals surface area contributed by atoms with Gasteiger partial charge in [0.05, 0.1) is 0 Å². The van der Waals surface area contributed by atoms with E-state index >= 15 is 0 Å². The van der Waals surface area contributed by atoms with Gasteiger partial charge < -0.3 is 10.2 Å². The van der Waals surface area contributed by atoms with Crippen molar-refractivity contribution in [3.63, 3.8) is 0 Å². The van der Waals surface area contributed by atoms with Gasteiger partial charge in [0.15, 0.2) is 5.69 Å². The van der Waals surface area contributed by atoms with E-state index in [2.05, 4.69) is 27.4 Å². The zero-order chi connectivity index (χ0) is 16.1. The number of hydrogen-bond acceptors (Lipinski definition) is 4. The van der Waals surface area contributed by atoms with Crippen LogP contribution in [0.25, 0.3) is 0 Å². The third-order valence-corrected chi connectivity index (χ3v) is 4.15. The largest absolute Gasteiger partial charge is 0.337 e. The van der Waals surface area contributed by atoms with Crippen LogP contribution in [0.15, 0.2) is 24.4 Å². The average molecular weight is 350 g/mol. The van der Waals surface area contributed by atoms with E-state index < -0.39 is 0 Å². The first-order chi connectivity index (χ1) is 11.3. The third kappa shape index (κ3) is 4.13. The number of nitrogens with one attached hydrogen (secondary N) is 2. The van der Waals surface area contributed by atoms with Crippen molar-refractivity contribution in [1.29, 1.82) is 0 Å². The molecule has 0 bridgehead atoms. The Labute approximate surface area is 148 Å².